The highest BCUT2D eigenvalue weighted by Crippen LogP contribution is 2.30. The molecule has 0 aliphatic carbocycles. The van der Waals surface area contributed by atoms with Gasteiger partial charge in [0.1, 0.15) is 0 Å². The Kier molecular flexibility index (Phi) is 3.28. The quantitative estimate of drug-likeness (QED) is 0.616. The molecule has 0 radical (unpaired) electrons. The van der Waals surface area contributed by atoms with Gasteiger partial charge >= 0.3 is 0 Å². The van der Waals surface area contributed by atoms with Crippen LogP contribution in [-0.2, 0) is 4.79 Å². The van der Waals surface area contributed by atoms with Gasteiger partial charge in [0.05, 0.1) is 4.58 Å². The van der Waals surface area contributed by atoms with Crippen molar-refractivity contribution >= 4 is 29.9 Å². The van der Waals surface area contributed by atoms with E-state index >= 15 is 0 Å². The maximum absolute atomic E-state index is 9.83. The molecule has 0 aromatic heterocycles. The maximum atomic E-state index is 9.83. The van der Waals surface area contributed by atoms with Crippen LogP contribution < -0.4 is 5.32 Å². The zero-order valence-corrected chi connectivity index (χ0v) is 6.63. The van der Waals surface area contributed by atoms with E-state index in [2.05, 4.69) is 5.32 Å². The van der Waals surface area contributed by atoms with Crippen molar-refractivity contribution in [1.29, 1.82) is 0 Å². The van der Waals surface area contributed by atoms with E-state index in [1.54, 1.807) is 0 Å². The summed E-state index contributed by atoms with van der Waals surface area (Å²) in [4.78, 5) is 9.83. The summed E-state index contributed by atoms with van der Waals surface area (Å²) in [6, 6.07) is 0. The van der Waals surface area contributed by atoms with E-state index in [1.165, 1.54) is 11.5 Å². The molecule has 2 nitrogen and oxygen atoms in total. The van der Waals surface area contributed by atoms with E-state index in [-0.39, 0.29) is 0 Å². The standard InChI is InChI=1S/C5H9NOS2/c7-4-6-3-5-8-1-2-9-5/h4-5H,1-3H2,(H,6,7). The van der Waals surface area contributed by atoms with Gasteiger partial charge in [-0.3, -0.25) is 4.79 Å². The van der Waals surface area contributed by atoms with Gasteiger partial charge in [-0.2, -0.15) is 0 Å². The maximum Gasteiger partial charge on any atom is 0.207 e. The van der Waals surface area contributed by atoms with Gasteiger partial charge in [0.15, 0.2) is 0 Å². The fraction of sp³-hybridized carbons (Fsp3) is 0.800. The summed E-state index contributed by atoms with van der Waals surface area (Å²) in [5.41, 5.74) is 0. The summed E-state index contributed by atoms with van der Waals surface area (Å²) in [5.74, 6) is 2.46. The van der Waals surface area contributed by atoms with E-state index in [0.717, 1.165) is 13.0 Å². The Balaban J connectivity index is 2.04. The second-order valence-electron chi connectivity index (χ2n) is 1.70. The molecule has 0 aromatic rings. The van der Waals surface area contributed by atoms with E-state index in [1.807, 2.05) is 23.5 Å². The van der Waals surface area contributed by atoms with E-state index in [4.69, 9.17) is 0 Å². The van der Waals surface area contributed by atoms with Crippen LogP contribution in [0.2, 0.25) is 0 Å². The van der Waals surface area contributed by atoms with Gasteiger partial charge in [0.25, 0.3) is 0 Å². The van der Waals surface area contributed by atoms with Crippen molar-refractivity contribution in [2.24, 2.45) is 0 Å². The minimum atomic E-state index is 0.607. The molecule has 1 heterocycles. The van der Waals surface area contributed by atoms with Crippen molar-refractivity contribution < 1.29 is 4.79 Å². The number of nitrogens with one attached hydrogen (secondary N) is 1. The van der Waals surface area contributed by atoms with Gasteiger partial charge in [0, 0.05) is 18.1 Å². The summed E-state index contributed by atoms with van der Waals surface area (Å²) >= 11 is 3.85. The van der Waals surface area contributed by atoms with Crippen molar-refractivity contribution in [2.75, 3.05) is 18.1 Å². The first kappa shape index (κ1) is 7.28. The van der Waals surface area contributed by atoms with E-state index in [9.17, 15) is 4.79 Å². The SMILES string of the molecule is O=CNCC1SCCS1. The fourth-order valence-electron chi connectivity index (χ4n) is 0.669. The van der Waals surface area contributed by atoms with Crippen molar-refractivity contribution in [1.82, 2.24) is 5.32 Å². The predicted octanol–water partition coefficient (Wildman–Crippen LogP) is 0.538. The van der Waals surface area contributed by atoms with Gasteiger partial charge in [-0.1, -0.05) is 0 Å². The number of carbonyl (C=O) groups is 1. The molecule has 9 heavy (non-hydrogen) atoms. The molecule has 1 amide bonds. The zero-order chi connectivity index (χ0) is 6.53. The summed E-state index contributed by atoms with van der Waals surface area (Å²) < 4.78 is 0.607. The Morgan fingerprint density at radius 1 is 1.56 bits per heavy atom. The third-order valence-corrected chi connectivity index (χ3v) is 4.09. The lowest BCUT2D eigenvalue weighted by Gasteiger charge is -2.03. The molecule has 0 unspecified atom stereocenters. The van der Waals surface area contributed by atoms with Crippen LogP contribution in [0.15, 0.2) is 0 Å². The first-order chi connectivity index (χ1) is 4.43. The third-order valence-electron chi connectivity index (χ3n) is 1.06. The lowest BCUT2D eigenvalue weighted by molar-refractivity contribution is -0.109. The molecule has 1 N–H and O–H groups in total. The molecular weight excluding hydrogens is 154 g/mol. The summed E-state index contributed by atoms with van der Waals surface area (Å²) in [6.45, 7) is 0.818. The fourth-order valence-corrected chi connectivity index (χ4v) is 3.36. The van der Waals surface area contributed by atoms with E-state index in [0.29, 0.717) is 4.58 Å². The van der Waals surface area contributed by atoms with Crippen molar-refractivity contribution in [3.8, 4) is 0 Å². The molecule has 1 rings (SSSR count). The average Bonchev–Trinajstić information content (AvgIpc) is 2.34. The Bertz CT molecular complexity index is 93.0. The normalized spacial score (nSPS) is 20.0. The van der Waals surface area contributed by atoms with Crippen LogP contribution in [0, 0.1) is 0 Å². The summed E-state index contributed by atoms with van der Waals surface area (Å²) in [6.07, 6.45) is 0.763. The highest BCUT2D eigenvalue weighted by atomic mass is 32.2. The highest BCUT2D eigenvalue weighted by molar-refractivity contribution is 8.20. The molecule has 1 aliphatic heterocycles. The number of hydrogen-bond acceptors (Lipinski definition) is 3. The minimum absolute atomic E-state index is 0.607. The second-order valence-corrected chi connectivity index (χ2v) is 4.62. The number of hydrogen-bond donors (Lipinski definition) is 1. The molecule has 1 fully saturated rings. The Morgan fingerprint density at radius 3 is 2.78 bits per heavy atom. The molecule has 0 aromatic carbocycles. The topological polar surface area (TPSA) is 29.1 Å². The van der Waals surface area contributed by atoms with Gasteiger partial charge in [-0.25, -0.2) is 0 Å². The molecule has 52 valence electrons. The van der Waals surface area contributed by atoms with Crippen molar-refractivity contribution in [3.63, 3.8) is 0 Å². The van der Waals surface area contributed by atoms with Gasteiger partial charge in [0.2, 0.25) is 6.41 Å². The molecule has 1 aliphatic rings. The second kappa shape index (κ2) is 4.06. The monoisotopic (exact) mass is 163 g/mol. The third kappa shape index (κ3) is 2.49. The van der Waals surface area contributed by atoms with Crippen LogP contribution in [-0.4, -0.2) is 29.0 Å². The van der Waals surface area contributed by atoms with Gasteiger partial charge in [-0.05, 0) is 0 Å². The number of carbonyl (C=O) groups excluding carboxylic acids is 1. The Labute approximate surface area is 63.2 Å². The smallest absolute Gasteiger partial charge is 0.207 e. The first-order valence-corrected chi connectivity index (χ1v) is 4.93. The predicted molar refractivity (Wildman–Crippen MR) is 42.8 cm³/mol. The van der Waals surface area contributed by atoms with Crippen LogP contribution in [0.3, 0.4) is 0 Å². The number of amides is 1. The summed E-state index contributed by atoms with van der Waals surface area (Å²) in [5, 5.41) is 2.67. The molecule has 1 saturated heterocycles. The van der Waals surface area contributed by atoms with Crippen LogP contribution in [0.1, 0.15) is 0 Å². The molecule has 0 saturated carbocycles. The minimum Gasteiger partial charge on any atom is -0.357 e. The number of thioether (sulfide) groups is 2. The van der Waals surface area contributed by atoms with Crippen LogP contribution in [0.5, 0.6) is 0 Å². The summed E-state index contributed by atoms with van der Waals surface area (Å²) in [7, 11) is 0. The first-order valence-electron chi connectivity index (χ1n) is 2.83. The molecular formula is C5H9NOS2. The van der Waals surface area contributed by atoms with Crippen LogP contribution in [0.4, 0.5) is 0 Å². The van der Waals surface area contributed by atoms with Crippen molar-refractivity contribution in [2.45, 2.75) is 4.58 Å². The zero-order valence-electron chi connectivity index (χ0n) is 5.00. The van der Waals surface area contributed by atoms with E-state index < -0.39 is 0 Å². The molecule has 0 spiro atoms. The lowest BCUT2D eigenvalue weighted by atomic mass is 10.7. The molecule has 0 atom stereocenters. The largest absolute Gasteiger partial charge is 0.357 e. The van der Waals surface area contributed by atoms with Gasteiger partial charge in [-0.15, -0.1) is 23.5 Å². The van der Waals surface area contributed by atoms with Crippen molar-refractivity contribution in [3.05, 3.63) is 0 Å². The molecule has 4 heteroatoms. The van der Waals surface area contributed by atoms with Crippen LogP contribution >= 0.6 is 23.5 Å². The lowest BCUT2D eigenvalue weighted by Crippen LogP contribution is -2.19. The van der Waals surface area contributed by atoms with Gasteiger partial charge < -0.3 is 5.32 Å². The number of rotatable bonds is 3. The van der Waals surface area contributed by atoms with Crippen LogP contribution in [0.25, 0.3) is 0 Å². The Hall–Kier alpha value is 0.170. The average molecular weight is 163 g/mol. The Morgan fingerprint density at radius 2 is 2.22 bits per heavy atom. The highest BCUT2D eigenvalue weighted by Gasteiger charge is 2.14. The molecule has 0 bridgehead atoms.